The van der Waals surface area contributed by atoms with Gasteiger partial charge < -0.3 is 8.98 Å². The van der Waals surface area contributed by atoms with Crippen LogP contribution in [0.4, 0.5) is 0 Å². The van der Waals surface area contributed by atoms with Gasteiger partial charge in [-0.3, -0.25) is 0 Å². The molecule has 0 aliphatic rings. The van der Waals surface area contributed by atoms with E-state index in [4.69, 9.17) is 9.40 Å². The second kappa shape index (κ2) is 7.71. The number of benzene rings is 5. The van der Waals surface area contributed by atoms with E-state index in [0.29, 0.717) is 5.89 Å². The Kier molecular flexibility index (Phi) is 4.36. The van der Waals surface area contributed by atoms with Crippen LogP contribution in [0.5, 0.6) is 0 Å². The van der Waals surface area contributed by atoms with E-state index in [1.807, 2.05) is 12.1 Å². The number of aromatic nitrogens is 2. The summed E-state index contributed by atoms with van der Waals surface area (Å²) in [6.45, 7) is 2.06. The van der Waals surface area contributed by atoms with Crippen molar-refractivity contribution in [2.75, 3.05) is 0 Å². The Hall–Kier alpha value is -4.63. The molecule has 0 aliphatic carbocycles. The highest BCUT2D eigenvalue weighted by Crippen LogP contribution is 2.35. The molecule has 0 atom stereocenters. The fourth-order valence-corrected chi connectivity index (χ4v) is 5.02. The van der Waals surface area contributed by atoms with E-state index in [-0.39, 0.29) is 0 Å². The van der Waals surface area contributed by atoms with E-state index in [0.717, 1.165) is 22.2 Å². The molecule has 35 heavy (non-hydrogen) atoms. The van der Waals surface area contributed by atoms with Crippen molar-refractivity contribution in [3.05, 3.63) is 121 Å². The number of oxazole rings is 1. The molecule has 0 fully saturated rings. The number of aryl methyl sites for hydroxylation is 1. The van der Waals surface area contributed by atoms with Crippen LogP contribution in [0.1, 0.15) is 5.56 Å². The normalized spacial score (nSPS) is 11.6. The van der Waals surface area contributed by atoms with Crippen molar-refractivity contribution in [3.8, 4) is 28.3 Å². The lowest BCUT2D eigenvalue weighted by Crippen LogP contribution is -1.92. The van der Waals surface area contributed by atoms with Gasteiger partial charge in [0.05, 0.1) is 11.0 Å². The first-order valence-corrected chi connectivity index (χ1v) is 11.8. The van der Waals surface area contributed by atoms with Crippen molar-refractivity contribution in [1.82, 2.24) is 9.55 Å². The monoisotopic (exact) mass is 450 g/mol. The van der Waals surface area contributed by atoms with Crippen LogP contribution in [0.15, 0.2) is 120 Å². The first kappa shape index (κ1) is 19.8. The van der Waals surface area contributed by atoms with Gasteiger partial charge in [0.1, 0.15) is 5.52 Å². The lowest BCUT2D eigenvalue weighted by molar-refractivity contribution is 0.620. The Bertz CT molecular complexity index is 1840. The van der Waals surface area contributed by atoms with Gasteiger partial charge in [-0.2, -0.15) is 0 Å². The average Bonchev–Trinajstić information content (AvgIpc) is 3.50. The molecule has 2 heterocycles. The van der Waals surface area contributed by atoms with Crippen molar-refractivity contribution >= 4 is 32.9 Å². The van der Waals surface area contributed by atoms with Crippen molar-refractivity contribution in [3.63, 3.8) is 0 Å². The third-order valence-corrected chi connectivity index (χ3v) is 6.77. The van der Waals surface area contributed by atoms with Gasteiger partial charge >= 0.3 is 0 Å². The molecule has 3 heteroatoms. The van der Waals surface area contributed by atoms with Crippen molar-refractivity contribution in [2.24, 2.45) is 0 Å². The van der Waals surface area contributed by atoms with Gasteiger partial charge in [-0.05, 0) is 72.1 Å². The van der Waals surface area contributed by atoms with Crippen LogP contribution in [0, 0.1) is 6.92 Å². The zero-order chi connectivity index (χ0) is 23.4. The van der Waals surface area contributed by atoms with Gasteiger partial charge in [0, 0.05) is 22.0 Å². The molecule has 0 amide bonds. The first-order chi connectivity index (χ1) is 17.3. The zero-order valence-corrected chi connectivity index (χ0v) is 19.3. The number of hydrogen-bond donors (Lipinski definition) is 0. The Morgan fingerprint density at radius 3 is 2.14 bits per heavy atom. The summed E-state index contributed by atoms with van der Waals surface area (Å²) in [5.74, 6) is 0.655. The number of para-hydroxylation sites is 3. The van der Waals surface area contributed by atoms with Gasteiger partial charge in [-0.25, -0.2) is 4.98 Å². The summed E-state index contributed by atoms with van der Waals surface area (Å²) < 4.78 is 8.36. The molecular weight excluding hydrogens is 428 g/mol. The molecular formula is C32H22N2O. The van der Waals surface area contributed by atoms with Crippen LogP contribution in [0.3, 0.4) is 0 Å². The van der Waals surface area contributed by atoms with Crippen LogP contribution in [0.2, 0.25) is 0 Å². The summed E-state index contributed by atoms with van der Waals surface area (Å²) in [5.41, 5.74) is 9.80. The minimum Gasteiger partial charge on any atom is -0.436 e. The standard InChI is InChI=1S/C32H22N2O/c1-21-8-7-13-30-31(21)33-32(35-30)23-16-14-22(15-17-23)24-18-19-29-27(20-24)26-11-5-6-12-28(26)34(29)25-9-3-2-4-10-25/h2-20H,1H3. The van der Waals surface area contributed by atoms with Crippen LogP contribution in [-0.2, 0) is 0 Å². The van der Waals surface area contributed by atoms with Crippen molar-refractivity contribution in [1.29, 1.82) is 0 Å². The molecule has 166 valence electrons. The average molecular weight is 451 g/mol. The third kappa shape index (κ3) is 3.17. The van der Waals surface area contributed by atoms with E-state index in [9.17, 15) is 0 Å². The van der Waals surface area contributed by atoms with Gasteiger partial charge in [0.15, 0.2) is 5.58 Å². The summed E-state index contributed by atoms with van der Waals surface area (Å²) in [6, 6.07) is 40.4. The highest BCUT2D eigenvalue weighted by molar-refractivity contribution is 6.10. The molecule has 0 radical (unpaired) electrons. The van der Waals surface area contributed by atoms with Gasteiger partial charge in [0.2, 0.25) is 5.89 Å². The minimum atomic E-state index is 0.655. The molecule has 0 aliphatic heterocycles. The molecule has 0 spiro atoms. The van der Waals surface area contributed by atoms with E-state index in [1.54, 1.807) is 0 Å². The Morgan fingerprint density at radius 2 is 1.31 bits per heavy atom. The molecule has 3 nitrogen and oxygen atoms in total. The third-order valence-electron chi connectivity index (χ3n) is 6.77. The molecule has 7 aromatic rings. The van der Waals surface area contributed by atoms with E-state index >= 15 is 0 Å². The summed E-state index contributed by atoms with van der Waals surface area (Å²) in [6.07, 6.45) is 0. The topological polar surface area (TPSA) is 31.0 Å². The number of nitrogens with zero attached hydrogens (tertiary/aromatic N) is 2. The quantitative estimate of drug-likeness (QED) is 0.270. The fourth-order valence-electron chi connectivity index (χ4n) is 5.02. The Balaban J connectivity index is 1.33. The lowest BCUT2D eigenvalue weighted by atomic mass is 10.0. The maximum absolute atomic E-state index is 6.02. The molecule has 0 saturated carbocycles. The van der Waals surface area contributed by atoms with Gasteiger partial charge in [-0.15, -0.1) is 0 Å². The largest absolute Gasteiger partial charge is 0.436 e. The SMILES string of the molecule is Cc1cccc2oc(-c3ccc(-c4ccc5c(c4)c4ccccc4n5-c4ccccc4)cc3)nc12. The number of rotatable bonds is 3. The lowest BCUT2D eigenvalue weighted by Gasteiger charge is -2.08. The maximum atomic E-state index is 6.02. The molecule has 0 unspecified atom stereocenters. The second-order valence-electron chi connectivity index (χ2n) is 8.94. The van der Waals surface area contributed by atoms with Crippen molar-refractivity contribution in [2.45, 2.75) is 6.92 Å². The number of hydrogen-bond acceptors (Lipinski definition) is 2. The molecule has 2 aromatic heterocycles. The van der Waals surface area contributed by atoms with Crippen molar-refractivity contribution < 1.29 is 4.42 Å². The molecule has 0 saturated heterocycles. The summed E-state index contributed by atoms with van der Waals surface area (Å²) in [7, 11) is 0. The van der Waals surface area contributed by atoms with E-state index in [2.05, 4.69) is 115 Å². The van der Waals surface area contributed by atoms with E-state index < -0.39 is 0 Å². The summed E-state index contributed by atoms with van der Waals surface area (Å²) in [4.78, 5) is 4.72. The highest BCUT2D eigenvalue weighted by atomic mass is 16.3. The zero-order valence-electron chi connectivity index (χ0n) is 19.3. The smallest absolute Gasteiger partial charge is 0.227 e. The predicted molar refractivity (Wildman–Crippen MR) is 144 cm³/mol. The minimum absolute atomic E-state index is 0.655. The van der Waals surface area contributed by atoms with Gasteiger partial charge in [-0.1, -0.05) is 66.7 Å². The Morgan fingerprint density at radius 1 is 0.600 bits per heavy atom. The summed E-state index contributed by atoms with van der Waals surface area (Å²) >= 11 is 0. The Labute approximate surface area is 202 Å². The van der Waals surface area contributed by atoms with Crippen LogP contribution in [0.25, 0.3) is 61.2 Å². The first-order valence-electron chi connectivity index (χ1n) is 11.8. The van der Waals surface area contributed by atoms with Crippen LogP contribution >= 0.6 is 0 Å². The maximum Gasteiger partial charge on any atom is 0.227 e. The molecule has 0 N–H and O–H groups in total. The van der Waals surface area contributed by atoms with Crippen LogP contribution < -0.4 is 0 Å². The predicted octanol–water partition coefficient (Wildman–Crippen LogP) is 8.57. The summed E-state index contributed by atoms with van der Waals surface area (Å²) in [5, 5.41) is 2.51. The second-order valence-corrected chi connectivity index (χ2v) is 8.94. The highest BCUT2D eigenvalue weighted by Gasteiger charge is 2.14. The molecule has 7 rings (SSSR count). The fraction of sp³-hybridized carbons (Fsp3) is 0.0312. The van der Waals surface area contributed by atoms with E-state index in [1.165, 1.54) is 38.6 Å². The number of fused-ring (bicyclic) bond motifs is 4. The molecule has 5 aromatic carbocycles. The van der Waals surface area contributed by atoms with Crippen LogP contribution in [-0.4, -0.2) is 9.55 Å². The molecule has 0 bridgehead atoms. The van der Waals surface area contributed by atoms with Gasteiger partial charge in [0.25, 0.3) is 0 Å².